The van der Waals surface area contributed by atoms with Crippen molar-refractivity contribution in [1.82, 2.24) is 10.6 Å². The van der Waals surface area contributed by atoms with Crippen LogP contribution in [0.5, 0.6) is 0 Å². The maximum absolute atomic E-state index is 11.8. The van der Waals surface area contributed by atoms with Crippen molar-refractivity contribution in [3.63, 3.8) is 0 Å². The van der Waals surface area contributed by atoms with E-state index in [9.17, 15) is 4.79 Å². The van der Waals surface area contributed by atoms with Crippen molar-refractivity contribution < 1.29 is 4.79 Å². The summed E-state index contributed by atoms with van der Waals surface area (Å²) in [5.74, 6) is 0.0671. The third-order valence-electron chi connectivity index (χ3n) is 3.09. The summed E-state index contributed by atoms with van der Waals surface area (Å²) in [6.45, 7) is 4.31. The Morgan fingerprint density at radius 3 is 2.59 bits per heavy atom. The minimum absolute atomic E-state index is 0.0671. The molecule has 0 radical (unpaired) electrons. The standard InChI is InChI=1S/C14H18N2O/c1-11(13-9-15-10-13)14(17)16-8-7-12-5-3-2-4-6-12/h2-6,15H,7-10H2,1H3,(H,16,17). The van der Waals surface area contributed by atoms with Crippen LogP contribution in [0, 0.1) is 0 Å². The van der Waals surface area contributed by atoms with Crippen LogP contribution >= 0.6 is 0 Å². The highest BCUT2D eigenvalue weighted by Gasteiger charge is 2.15. The van der Waals surface area contributed by atoms with Crippen LogP contribution in [0.15, 0.2) is 41.5 Å². The van der Waals surface area contributed by atoms with Gasteiger partial charge in [-0.1, -0.05) is 30.3 Å². The maximum atomic E-state index is 11.8. The van der Waals surface area contributed by atoms with Gasteiger partial charge in [0.2, 0.25) is 5.91 Å². The maximum Gasteiger partial charge on any atom is 0.246 e. The Labute approximate surface area is 102 Å². The fourth-order valence-corrected chi connectivity index (χ4v) is 1.77. The van der Waals surface area contributed by atoms with Crippen molar-refractivity contribution in [2.45, 2.75) is 13.3 Å². The predicted molar refractivity (Wildman–Crippen MR) is 68.7 cm³/mol. The molecule has 0 unspecified atom stereocenters. The van der Waals surface area contributed by atoms with E-state index >= 15 is 0 Å². The van der Waals surface area contributed by atoms with E-state index in [1.54, 1.807) is 0 Å². The highest BCUT2D eigenvalue weighted by atomic mass is 16.1. The molecule has 0 aromatic heterocycles. The molecule has 1 heterocycles. The fraction of sp³-hybridized carbons (Fsp3) is 0.357. The molecule has 0 bridgehead atoms. The average Bonchev–Trinajstić information content (AvgIpc) is 2.28. The average molecular weight is 230 g/mol. The van der Waals surface area contributed by atoms with E-state index in [1.165, 1.54) is 11.1 Å². The Hall–Kier alpha value is -1.61. The third kappa shape index (κ3) is 3.17. The van der Waals surface area contributed by atoms with E-state index in [0.29, 0.717) is 6.54 Å². The normalized spacial score (nSPS) is 14.1. The molecule has 1 amide bonds. The van der Waals surface area contributed by atoms with E-state index in [0.717, 1.165) is 25.1 Å². The molecule has 3 nitrogen and oxygen atoms in total. The van der Waals surface area contributed by atoms with E-state index in [4.69, 9.17) is 0 Å². The molecule has 1 aliphatic heterocycles. The van der Waals surface area contributed by atoms with Crippen molar-refractivity contribution in [3.05, 3.63) is 47.0 Å². The topological polar surface area (TPSA) is 41.1 Å². The van der Waals surface area contributed by atoms with Crippen LogP contribution in [0.1, 0.15) is 12.5 Å². The Morgan fingerprint density at radius 1 is 1.29 bits per heavy atom. The van der Waals surface area contributed by atoms with Crippen molar-refractivity contribution in [1.29, 1.82) is 0 Å². The molecule has 1 aromatic rings. The molecule has 1 fully saturated rings. The van der Waals surface area contributed by atoms with E-state index in [2.05, 4.69) is 22.8 Å². The van der Waals surface area contributed by atoms with Crippen LogP contribution < -0.4 is 10.6 Å². The zero-order valence-corrected chi connectivity index (χ0v) is 10.1. The monoisotopic (exact) mass is 230 g/mol. The van der Waals surface area contributed by atoms with Gasteiger partial charge in [-0.25, -0.2) is 0 Å². The van der Waals surface area contributed by atoms with Crippen LogP contribution in [0.2, 0.25) is 0 Å². The Morgan fingerprint density at radius 2 is 2.00 bits per heavy atom. The Balaban J connectivity index is 1.77. The molecular formula is C14H18N2O. The predicted octanol–water partition coefficient (Wildman–Crippen LogP) is 1.26. The summed E-state index contributed by atoms with van der Waals surface area (Å²) < 4.78 is 0. The van der Waals surface area contributed by atoms with Crippen LogP contribution in [0.3, 0.4) is 0 Å². The summed E-state index contributed by atoms with van der Waals surface area (Å²) in [7, 11) is 0. The summed E-state index contributed by atoms with van der Waals surface area (Å²) in [6.07, 6.45) is 0.882. The molecule has 1 aromatic carbocycles. The summed E-state index contributed by atoms with van der Waals surface area (Å²) in [4.78, 5) is 11.8. The molecule has 0 saturated carbocycles. The van der Waals surface area contributed by atoms with Crippen molar-refractivity contribution in [2.24, 2.45) is 0 Å². The molecule has 1 saturated heterocycles. The van der Waals surface area contributed by atoms with Crippen LogP contribution in [-0.4, -0.2) is 25.5 Å². The van der Waals surface area contributed by atoms with Gasteiger partial charge in [-0.15, -0.1) is 0 Å². The number of carbonyl (C=O) groups excluding carboxylic acids is 1. The molecular weight excluding hydrogens is 212 g/mol. The van der Waals surface area contributed by atoms with Crippen LogP contribution in [-0.2, 0) is 11.2 Å². The largest absolute Gasteiger partial charge is 0.352 e. The van der Waals surface area contributed by atoms with Gasteiger partial charge in [0.15, 0.2) is 0 Å². The van der Waals surface area contributed by atoms with Gasteiger partial charge < -0.3 is 10.6 Å². The molecule has 90 valence electrons. The van der Waals surface area contributed by atoms with E-state index in [1.807, 2.05) is 25.1 Å². The number of nitrogens with one attached hydrogen (secondary N) is 2. The highest BCUT2D eigenvalue weighted by Crippen LogP contribution is 2.08. The molecule has 0 spiro atoms. The zero-order valence-electron chi connectivity index (χ0n) is 10.1. The number of rotatable bonds is 4. The Bertz CT molecular complexity index is 417. The number of hydrogen-bond acceptors (Lipinski definition) is 2. The first-order valence-electron chi connectivity index (χ1n) is 5.99. The van der Waals surface area contributed by atoms with Gasteiger partial charge in [0.25, 0.3) is 0 Å². The highest BCUT2D eigenvalue weighted by molar-refractivity contribution is 5.93. The zero-order chi connectivity index (χ0) is 12.1. The van der Waals surface area contributed by atoms with Gasteiger partial charge in [-0.3, -0.25) is 4.79 Å². The molecule has 0 aliphatic carbocycles. The van der Waals surface area contributed by atoms with Gasteiger partial charge in [0, 0.05) is 25.2 Å². The van der Waals surface area contributed by atoms with Crippen molar-refractivity contribution >= 4 is 5.91 Å². The van der Waals surface area contributed by atoms with Gasteiger partial charge in [-0.2, -0.15) is 0 Å². The van der Waals surface area contributed by atoms with Crippen LogP contribution in [0.25, 0.3) is 0 Å². The number of hydrogen-bond donors (Lipinski definition) is 2. The molecule has 2 rings (SSSR count). The van der Waals surface area contributed by atoms with E-state index in [-0.39, 0.29) is 5.91 Å². The molecule has 2 N–H and O–H groups in total. The lowest BCUT2D eigenvalue weighted by molar-refractivity contribution is -0.117. The molecule has 0 atom stereocenters. The second kappa shape index (κ2) is 5.64. The fourth-order valence-electron chi connectivity index (χ4n) is 1.77. The number of carbonyl (C=O) groups is 1. The minimum atomic E-state index is 0.0671. The summed E-state index contributed by atoms with van der Waals surface area (Å²) in [5.41, 5.74) is 3.35. The van der Waals surface area contributed by atoms with Gasteiger partial charge in [0.1, 0.15) is 0 Å². The Kier molecular flexibility index (Phi) is 3.94. The molecule has 17 heavy (non-hydrogen) atoms. The lowest BCUT2D eigenvalue weighted by Crippen LogP contribution is -2.38. The molecule has 3 heteroatoms. The second-order valence-electron chi connectivity index (χ2n) is 4.32. The first-order valence-corrected chi connectivity index (χ1v) is 5.99. The SMILES string of the molecule is CC(C(=O)NCCc1ccccc1)=C1CNC1. The second-order valence-corrected chi connectivity index (χ2v) is 4.32. The quantitative estimate of drug-likeness (QED) is 0.765. The first kappa shape index (κ1) is 11.9. The van der Waals surface area contributed by atoms with Gasteiger partial charge in [0.05, 0.1) is 0 Å². The minimum Gasteiger partial charge on any atom is -0.352 e. The van der Waals surface area contributed by atoms with Gasteiger partial charge in [-0.05, 0) is 24.5 Å². The lowest BCUT2D eigenvalue weighted by atomic mass is 10.0. The van der Waals surface area contributed by atoms with Crippen LogP contribution in [0.4, 0.5) is 0 Å². The van der Waals surface area contributed by atoms with Gasteiger partial charge >= 0.3 is 0 Å². The number of amides is 1. The lowest BCUT2D eigenvalue weighted by Gasteiger charge is -2.21. The molecule has 1 aliphatic rings. The smallest absolute Gasteiger partial charge is 0.246 e. The summed E-state index contributed by atoms with van der Waals surface area (Å²) >= 11 is 0. The summed E-state index contributed by atoms with van der Waals surface area (Å²) in [6, 6.07) is 10.2. The number of benzene rings is 1. The first-order chi connectivity index (χ1) is 8.27. The van der Waals surface area contributed by atoms with Crippen molar-refractivity contribution in [2.75, 3.05) is 19.6 Å². The summed E-state index contributed by atoms with van der Waals surface area (Å²) in [5, 5.41) is 6.10. The van der Waals surface area contributed by atoms with Crippen molar-refractivity contribution in [3.8, 4) is 0 Å². The van der Waals surface area contributed by atoms with E-state index < -0.39 is 0 Å². The third-order valence-corrected chi connectivity index (χ3v) is 3.09.